The molecule has 0 fully saturated rings. The minimum absolute atomic E-state index is 0.104. The molecule has 19 heavy (non-hydrogen) atoms. The van der Waals surface area contributed by atoms with Crippen molar-refractivity contribution in [3.63, 3.8) is 0 Å². The zero-order valence-corrected chi connectivity index (χ0v) is 10.6. The molecule has 6 nitrogen and oxygen atoms in total. The number of carbonyl (C=O) groups is 1. The quantitative estimate of drug-likeness (QED) is 0.800. The predicted octanol–water partition coefficient (Wildman–Crippen LogP) is 0.307. The van der Waals surface area contributed by atoms with Gasteiger partial charge in [0.25, 0.3) is 5.91 Å². The number of H-pyrrole nitrogens is 1. The standard InChI is InChI=1S/C13H14N4O2/c1-16-13(19)14-11(15-16)12(18)17-7-6-9-4-2-3-5-10(9)8-17/h2-5H,6-8H2,1H3,(H,14,15,19). The van der Waals surface area contributed by atoms with Crippen LogP contribution in [0.5, 0.6) is 0 Å². The third-order valence-electron chi connectivity index (χ3n) is 3.39. The van der Waals surface area contributed by atoms with E-state index >= 15 is 0 Å². The van der Waals surface area contributed by atoms with Gasteiger partial charge in [-0.25, -0.2) is 9.48 Å². The Labute approximate surface area is 109 Å². The maximum absolute atomic E-state index is 12.3. The van der Waals surface area contributed by atoms with Crippen LogP contribution in [0.15, 0.2) is 29.1 Å². The Hall–Kier alpha value is -2.37. The van der Waals surface area contributed by atoms with Gasteiger partial charge in [0, 0.05) is 20.1 Å². The summed E-state index contributed by atoms with van der Waals surface area (Å²) in [7, 11) is 1.51. The van der Waals surface area contributed by atoms with Crippen molar-refractivity contribution in [2.45, 2.75) is 13.0 Å². The first-order chi connectivity index (χ1) is 9.15. The lowest BCUT2D eigenvalue weighted by atomic mass is 10.00. The van der Waals surface area contributed by atoms with E-state index in [1.807, 2.05) is 18.2 Å². The number of aromatic nitrogens is 3. The molecule has 3 rings (SSSR count). The molecule has 0 unspecified atom stereocenters. The highest BCUT2D eigenvalue weighted by atomic mass is 16.2. The van der Waals surface area contributed by atoms with Crippen LogP contribution in [0.3, 0.4) is 0 Å². The molecular weight excluding hydrogens is 244 g/mol. The van der Waals surface area contributed by atoms with Crippen LogP contribution in [0, 0.1) is 0 Å². The van der Waals surface area contributed by atoms with E-state index in [0.717, 1.165) is 16.7 Å². The molecule has 0 atom stereocenters. The molecule has 1 aromatic heterocycles. The molecule has 0 radical (unpaired) electrons. The number of nitrogens with zero attached hydrogens (tertiary/aromatic N) is 3. The topological polar surface area (TPSA) is 71.0 Å². The molecule has 0 bridgehead atoms. The summed E-state index contributed by atoms with van der Waals surface area (Å²) in [4.78, 5) is 27.7. The average molecular weight is 258 g/mol. The third kappa shape index (κ3) is 2.05. The molecule has 0 spiro atoms. The van der Waals surface area contributed by atoms with Crippen molar-refractivity contribution in [1.29, 1.82) is 0 Å². The van der Waals surface area contributed by atoms with Gasteiger partial charge < -0.3 is 4.90 Å². The van der Waals surface area contributed by atoms with Crippen molar-refractivity contribution >= 4 is 5.91 Å². The van der Waals surface area contributed by atoms with Crippen molar-refractivity contribution < 1.29 is 4.79 Å². The molecule has 1 N–H and O–H groups in total. The van der Waals surface area contributed by atoms with Crippen molar-refractivity contribution in [2.75, 3.05) is 6.54 Å². The fourth-order valence-electron chi connectivity index (χ4n) is 2.32. The van der Waals surface area contributed by atoms with E-state index in [2.05, 4.69) is 16.1 Å². The van der Waals surface area contributed by atoms with Gasteiger partial charge in [-0.2, -0.15) is 0 Å². The summed E-state index contributed by atoms with van der Waals surface area (Å²) in [5.41, 5.74) is 2.06. The Morgan fingerprint density at radius 3 is 2.74 bits per heavy atom. The number of rotatable bonds is 1. The Morgan fingerprint density at radius 1 is 1.32 bits per heavy atom. The van der Waals surface area contributed by atoms with E-state index in [-0.39, 0.29) is 17.4 Å². The first kappa shape index (κ1) is 11.7. The Kier molecular flexibility index (Phi) is 2.70. The zero-order chi connectivity index (χ0) is 13.4. The van der Waals surface area contributed by atoms with E-state index in [1.54, 1.807) is 4.90 Å². The lowest BCUT2D eigenvalue weighted by Crippen LogP contribution is -2.36. The van der Waals surface area contributed by atoms with Crippen LogP contribution in [0.25, 0.3) is 0 Å². The number of hydrogen-bond acceptors (Lipinski definition) is 3. The van der Waals surface area contributed by atoms with Gasteiger partial charge in [-0.3, -0.25) is 9.78 Å². The zero-order valence-electron chi connectivity index (χ0n) is 10.6. The van der Waals surface area contributed by atoms with E-state index in [4.69, 9.17) is 0 Å². The van der Waals surface area contributed by atoms with Crippen molar-refractivity contribution in [3.05, 3.63) is 51.7 Å². The number of benzene rings is 1. The summed E-state index contributed by atoms with van der Waals surface area (Å²) in [6.45, 7) is 1.21. The number of aromatic amines is 1. The van der Waals surface area contributed by atoms with Crippen molar-refractivity contribution in [2.24, 2.45) is 7.05 Å². The van der Waals surface area contributed by atoms with E-state index in [1.165, 1.54) is 12.6 Å². The van der Waals surface area contributed by atoms with E-state index in [9.17, 15) is 9.59 Å². The van der Waals surface area contributed by atoms with Gasteiger partial charge in [-0.15, -0.1) is 5.10 Å². The summed E-state index contributed by atoms with van der Waals surface area (Å²) < 4.78 is 1.13. The third-order valence-corrected chi connectivity index (χ3v) is 3.39. The highest BCUT2D eigenvalue weighted by molar-refractivity contribution is 5.90. The van der Waals surface area contributed by atoms with Crippen LogP contribution in [0.4, 0.5) is 0 Å². The second-order valence-corrected chi connectivity index (χ2v) is 4.65. The maximum atomic E-state index is 12.3. The summed E-state index contributed by atoms with van der Waals surface area (Å²) in [5, 5.41) is 3.90. The molecular formula is C13H14N4O2. The lowest BCUT2D eigenvalue weighted by Gasteiger charge is -2.27. The van der Waals surface area contributed by atoms with Crippen LogP contribution < -0.4 is 5.69 Å². The molecule has 0 saturated heterocycles. The molecule has 1 aliphatic rings. The SMILES string of the molecule is Cn1nc(C(=O)N2CCc3ccccc3C2)[nH]c1=O. The Morgan fingerprint density at radius 2 is 2.05 bits per heavy atom. The fraction of sp³-hybridized carbons (Fsp3) is 0.308. The number of carbonyl (C=O) groups excluding carboxylic acids is 1. The van der Waals surface area contributed by atoms with E-state index in [0.29, 0.717) is 13.1 Å². The highest BCUT2D eigenvalue weighted by Gasteiger charge is 2.24. The van der Waals surface area contributed by atoms with Gasteiger partial charge in [0.1, 0.15) is 0 Å². The van der Waals surface area contributed by atoms with E-state index < -0.39 is 0 Å². The number of fused-ring (bicyclic) bond motifs is 1. The summed E-state index contributed by atoms with van der Waals surface area (Å²) >= 11 is 0. The molecule has 0 saturated carbocycles. The van der Waals surface area contributed by atoms with Gasteiger partial charge in [0.15, 0.2) is 0 Å². The molecule has 2 aromatic rings. The van der Waals surface area contributed by atoms with Crippen LogP contribution in [-0.2, 0) is 20.0 Å². The molecule has 98 valence electrons. The summed E-state index contributed by atoms with van der Waals surface area (Å²) in [6, 6.07) is 8.08. The monoisotopic (exact) mass is 258 g/mol. The van der Waals surface area contributed by atoms with Crippen molar-refractivity contribution in [1.82, 2.24) is 19.7 Å². The first-order valence-corrected chi connectivity index (χ1v) is 6.14. The molecule has 1 aromatic carbocycles. The molecule has 1 amide bonds. The average Bonchev–Trinajstić information content (AvgIpc) is 2.77. The van der Waals surface area contributed by atoms with Gasteiger partial charge in [-0.05, 0) is 17.5 Å². The van der Waals surface area contributed by atoms with Crippen molar-refractivity contribution in [3.8, 4) is 0 Å². The Bertz CT molecular complexity index is 686. The molecule has 2 heterocycles. The number of amides is 1. The van der Waals surface area contributed by atoms with Gasteiger partial charge in [-0.1, -0.05) is 24.3 Å². The van der Waals surface area contributed by atoms with Gasteiger partial charge in [0.2, 0.25) is 5.82 Å². The second kappa shape index (κ2) is 4.38. The predicted molar refractivity (Wildman–Crippen MR) is 68.7 cm³/mol. The van der Waals surface area contributed by atoms with Crippen LogP contribution >= 0.6 is 0 Å². The highest BCUT2D eigenvalue weighted by Crippen LogP contribution is 2.19. The number of aryl methyl sites for hydroxylation is 1. The van der Waals surface area contributed by atoms with Gasteiger partial charge >= 0.3 is 5.69 Å². The molecule has 0 aliphatic carbocycles. The van der Waals surface area contributed by atoms with Crippen LogP contribution in [0.1, 0.15) is 21.7 Å². The minimum Gasteiger partial charge on any atom is -0.331 e. The smallest absolute Gasteiger partial charge is 0.331 e. The summed E-state index contributed by atoms with van der Waals surface area (Å²) in [6.07, 6.45) is 0.832. The van der Waals surface area contributed by atoms with Crippen LogP contribution in [-0.4, -0.2) is 32.1 Å². The minimum atomic E-state index is -0.374. The molecule has 6 heteroatoms. The Balaban J connectivity index is 1.85. The normalized spacial score (nSPS) is 14.3. The lowest BCUT2D eigenvalue weighted by molar-refractivity contribution is 0.0722. The second-order valence-electron chi connectivity index (χ2n) is 4.65. The van der Waals surface area contributed by atoms with Gasteiger partial charge in [0.05, 0.1) is 0 Å². The number of hydrogen-bond donors (Lipinski definition) is 1. The maximum Gasteiger partial charge on any atom is 0.343 e. The van der Waals surface area contributed by atoms with Crippen LogP contribution in [0.2, 0.25) is 0 Å². The number of nitrogens with one attached hydrogen (secondary N) is 1. The largest absolute Gasteiger partial charge is 0.343 e. The first-order valence-electron chi connectivity index (χ1n) is 6.14. The fourth-order valence-corrected chi connectivity index (χ4v) is 2.32. The summed E-state index contributed by atoms with van der Waals surface area (Å²) in [5.74, 6) is -0.126. The molecule has 1 aliphatic heterocycles.